The van der Waals surface area contributed by atoms with Crippen LogP contribution in [0.5, 0.6) is 0 Å². The van der Waals surface area contributed by atoms with E-state index in [-0.39, 0.29) is 18.4 Å². The van der Waals surface area contributed by atoms with E-state index in [0.29, 0.717) is 25.7 Å². The average molecular weight is 199 g/mol. The molecule has 0 aliphatic carbocycles. The van der Waals surface area contributed by atoms with Crippen LogP contribution >= 0.6 is 0 Å². The molecule has 4 heteroatoms. The molecule has 4 nitrogen and oxygen atoms in total. The molecule has 1 aliphatic heterocycles. The van der Waals surface area contributed by atoms with Crippen LogP contribution in [0.4, 0.5) is 0 Å². The first kappa shape index (κ1) is 11.2. The number of likely N-dealkylation sites (tertiary alicyclic amines) is 1. The second-order valence-electron chi connectivity index (χ2n) is 3.95. The summed E-state index contributed by atoms with van der Waals surface area (Å²) in [5.41, 5.74) is -0.501. The van der Waals surface area contributed by atoms with Gasteiger partial charge in [0.15, 0.2) is 0 Å². The monoisotopic (exact) mass is 199 g/mol. The van der Waals surface area contributed by atoms with E-state index in [4.69, 9.17) is 5.11 Å². The first-order chi connectivity index (χ1) is 6.55. The lowest BCUT2D eigenvalue weighted by Crippen LogP contribution is -2.49. The minimum Gasteiger partial charge on any atom is -0.396 e. The van der Waals surface area contributed by atoms with Crippen molar-refractivity contribution in [3.8, 4) is 0 Å². The Balaban J connectivity index is 2.87. The van der Waals surface area contributed by atoms with E-state index in [2.05, 4.69) is 0 Å². The van der Waals surface area contributed by atoms with E-state index in [1.54, 1.807) is 0 Å². The third kappa shape index (κ3) is 1.80. The molecule has 1 saturated heterocycles. The van der Waals surface area contributed by atoms with Crippen molar-refractivity contribution >= 4 is 11.8 Å². The Bertz CT molecular complexity index is 236. The van der Waals surface area contributed by atoms with Crippen LogP contribution in [-0.4, -0.2) is 34.0 Å². The molecule has 1 heterocycles. The lowest BCUT2D eigenvalue weighted by molar-refractivity contribution is -0.145. The van der Waals surface area contributed by atoms with Gasteiger partial charge in [-0.2, -0.15) is 0 Å². The van der Waals surface area contributed by atoms with Gasteiger partial charge in [-0.15, -0.1) is 0 Å². The highest BCUT2D eigenvalue weighted by Gasteiger charge is 2.41. The minimum absolute atomic E-state index is 0.00139. The number of carbonyl (C=O) groups is 2. The minimum atomic E-state index is -0.501. The van der Waals surface area contributed by atoms with Crippen molar-refractivity contribution in [2.45, 2.75) is 45.1 Å². The van der Waals surface area contributed by atoms with Crippen LogP contribution in [0.25, 0.3) is 0 Å². The molecule has 80 valence electrons. The Kier molecular flexibility index (Phi) is 3.26. The van der Waals surface area contributed by atoms with Gasteiger partial charge in [0.25, 0.3) is 0 Å². The highest BCUT2D eigenvalue weighted by molar-refractivity contribution is 6.02. The van der Waals surface area contributed by atoms with Crippen LogP contribution in [0.1, 0.15) is 39.5 Å². The van der Waals surface area contributed by atoms with Crippen molar-refractivity contribution in [1.82, 2.24) is 4.90 Å². The Morgan fingerprint density at radius 3 is 2.21 bits per heavy atom. The summed E-state index contributed by atoms with van der Waals surface area (Å²) < 4.78 is 0. The number of carbonyl (C=O) groups excluding carboxylic acids is 2. The summed E-state index contributed by atoms with van der Waals surface area (Å²) >= 11 is 0. The average Bonchev–Trinajstić information content (AvgIpc) is 2.47. The number of hydrogen-bond acceptors (Lipinski definition) is 3. The quantitative estimate of drug-likeness (QED) is 0.677. The highest BCUT2D eigenvalue weighted by atomic mass is 16.3. The Morgan fingerprint density at radius 1 is 1.36 bits per heavy atom. The van der Waals surface area contributed by atoms with Crippen LogP contribution in [0.3, 0.4) is 0 Å². The van der Waals surface area contributed by atoms with Gasteiger partial charge in [0.05, 0.1) is 0 Å². The first-order valence-electron chi connectivity index (χ1n) is 5.02. The van der Waals surface area contributed by atoms with Crippen molar-refractivity contribution in [2.24, 2.45) is 0 Å². The summed E-state index contributed by atoms with van der Waals surface area (Å²) in [4.78, 5) is 24.3. The molecule has 1 rings (SSSR count). The largest absolute Gasteiger partial charge is 0.396 e. The fourth-order valence-corrected chi connectivity index (χ4v) is 1.87. The summed E-state index contributed by atoms with van der Waals surface area (Å²) in [7, 11) is 0. The topological polar surface area (TPSA) is 57.6 Å². The van der Waals surface area contributed by atoms with Gasteiger partial charge in [-0.05, 0) is 19.8 Å². The third-order valence-corrected chi connectivity index (χ3v) is 3.00. The van der Waals surface area contributed by atoms with Gasteiger partial charge < -0.3 is 5.11 Å². The second kappa shape index (κ2) is 4.09. The van der Waals surface area contributed by atoms with E-state index < -0.39 is 5.54 Å². The van der Waals surface area contributed by atoms with Gasteiger partial charge in [-0.3, -0.25) is 14.5 Å². The summed E-state index contributed by atoms with van der Waals surface area (Å²) in [6.45, 7) is 3.78. The normalized spacial score (nSPS) is 21.5. The fraction of sp³-hybridized carbons (Fsp3) is 0.800. The van der Waals surface area contributed by atoms with Gasteiger partial charge in [0.2, 0.25) is 11.8 Å². The molecule has 1 N–H and O–H groups in total. The van der Waals surface area contributed by atoms with E-state index in [9.17, 15) is 9.59 Å². The zero-order valence-electron chi connectivity index (χ0n) is 8.75. The molecule has 0 bridgehead atoms. The van der Waals surface area contributed by atoms with Crippen molar-refractivity contribution < 1.29 is 14.7 Å². The number of amides is 2. The fourth-order valence-electron chi connectivity index (χ4n) is 1.87. The first-order valence-corrected chi connectivity index (χ1v) is 5.02. The number of aliphatic hydroxyl groups excluding tert-OH is 1. The summed E-state index contributed by atoms with van der Waals surface area (Å²) in [6, 6.07) is 0. The zero-order valence-corrected chi connectivity index (χ0v) is 8.75. The number of aliphatic hydroxyl groups is 1. The number of nitrogens with zero attached hydrogens (tertiary/aromatic N) is 1. The van der Waals surface area contributed by atoms with Crippen LogP contribution in [0.2, 0.25) is 0 Å². The summed E-state index contributed by atoms with van der Waals surface area (Å²) in [5, 5.41) is 8.92. The zero-order chi connectivity index (χ0) is 10.8. The molecule has 1 unspecified atom stereocenters. The Labute approximate surface area is 83.9 Å². The van der Waals surface area contributed by atoms with Crippen LogP contribution in [0.15, 0.2) is 0 Å². The maximum Gasteiger partial charge on any atom is 0.230 e. The number of imide groups is 1. The maximum atomic E-state index is 11.5. The van der Waals surface area contributed by atoms with Crippen LogP contribution < -0.4 is 0 Å². The van der Waals surface area contributed by atoms with Crippen molar-refractivity contribution in [1.29, 1.82) is 0 Å². The predicted octanol–water partition coefficient (Wildman–Crippen LogP) is 0.686. The van der Waals surface area contributed by atoms with Gasteiger partial charge in [-0.1, -0.05) is 6.92 Å². The molecular weight excluding hydrogens is 182 g/mol. The molecule has 14 heavy (non-hydrogen) atoms. The molecule has 2 amide bonds. The molecule has 0 spiro atoms. The molecular formula is C10H17NO3. The molecule has 0 saturated carbocycles. The van der Waals surface area contributed by atoms with Gasteiger partial charge >= 0.3 is 0 Å². The lowest BCUT2D eigenvalue weighted by atomic mass is 9.93. The maximum absolute atomic E-state index is 11.5. The Hall–Kier alpha value is -0.900. The lowest BCUT2D eigenvalue weighted by Gasteiger charge is -2.36. The molecule has 0 aromatic rings. The van der Waals surface area contributed by atoms with Crippen LogP contribution in [-0.2, 0) is 9.59 Å². The molecule has 1 atom stereocenters. The molecule has 0 radical (unpaired) electrons. The van der Waals surface area contributed by atoms with Gasteiger partial charge in [0, 0.05) is 25.0 Å². The van der Waals surface area contributed by atoms with Crippen molar-refractivity contribution in [3.63, 3.8) is 0 Å². The predicted molar refractivity (Wildman–Crippen MR) is 51.5 cm³/mol. The molecule has 0 aromatic carbocycles. The van der Waals surface area contributed by atoms with Crippen molar-refractivity contribution in [3.05, 3.63) is 0 Å². The van der Waals surface area contributed by atoms with Crippen molar-refractivity contribution in [2.75, 3.05) is 6.61 Å². The highest BCUT2D eigenvalue weighted by Crippen LogP contribution is 2.29. The SMILES string of the molecule is CCC(C)(CCO)N1C(=O)CCC1=O. The summed E-state index contributed by atoms with van der Waals surface area (Å²) in [5.74, 6) is -0.208. The van der Waals surface area contributed by atoms with E-state index in [1.807, 2.05) is 13.8 Å². The van der Waals surface area contributed by atoms with Gasteiger partial charge in [0.1, 0.15) is 0 Å². The van der Waals surface area contributed by atoms with E-state index >= 15 is 0 Å². The molecule has 1 aliphatic rings. The number of rotatable bonds is 4. The Morgan fingerprint density at radius 2 is 1.86 bits per heavy atom. The second-order valence-corrected chi connectivity index (χ2v) is 3.95. The molecule has 1 fully saturated rings. The van der Waals surface area contributed by atoms with E-state index in [0.717, 1.165) is 0 Å². The van der Waals surface area contributed by atoms with E-state index in [1.165, 1.54) is 4.90 Å². The molecule has 0 aromatic heterocycles. The van der Waals surface area contributed by atoms with Crippen LogP contribution in [0, 0.1) is 0 Å². The smallest absolute Gasteiger partial charge is 0.230 e. The standard InChI is InChI=1S/C10H17NO3/c1-3-10(2,6-7-12)11-8(13)4-5-9(11)14/h12H,3-7H2,1-2H3. The summed E-state index contributed by atoms with van der Waals surface area (Å²) in [6.07, 6.45) is 1.78. The third-order valence-electron chi connectivity index (χ3n) is 3.00. The number of hydrogen-bond donors (Lipinski definition) is 1. The van der Waals surface area contributed by atoms with Gasteiger partial charge in [-0.25, -0.2) is 0 Å².